The number of likely N-dealkylation sites (tertiary alicyclic amines) is 2. The molecule has 0 spiro atoms. The number of aryl methyl sites for hydroxylation is 1. The lowest BCUT2D eigenvalue weighted by atomic mass is 10.0. The Morgan fingerprint density at radius 2 is 1.23 bits per heavy atom. The molecule has 0 saturated carbocycles. The van der Waals surface area contributed by atoms with Crippen LogP contribution in [0.3, 0.4) is 0 Å². The molecular weight excluding hydrogens is 1130 g/mol. The minimum absolute atomic E-state index is 0. The normalized spacial score (nSPS) is 22.7. The molecule has 10 heterocycles. The third-order valence-corrected chi connectivity index (χ3v) is 17.2. The van der Waals surface area contributed by atoms with Crippen LogP contribution < -0.4 is 29.5 Å². The molecule has 1 N–H and O–H groups in total. The maximum absolute atomic E-state index is 13.2. The summed E-state index contributed by atoms with van der Waals surface area (Å²) in [6.07, 6.45) is 11.0. The van der Waals surface area contributed by atoms with E-state index in [1.807, 2.05) is 47.7 Å². The van der Waals surface area contributed by atoms with Gasteiger partial charge in [0.05, 0.1) is 72.4 Å². The number of carbonyl (C=O) groups is 2. The zero-order valence-electron chi connectivity index (χ0n) is 52.1. The van der Waals surface area contributed by atoms with Crippen molar-refractivity contribution < 1.29 is 33.3 Å². The molecule has 5 saturated heterocycles. The van der Waals surface area contributed by atoms with Gasteiger partial charge < -0.3 is 63.3 Å². The molecular formula is C61H92N16O7S2. The number of rotatable bonds is 12. The number of likely N-dealkylation sites (N-methyl/N-ethyl adjacent to an activating group) is 2. The molecule has 3 aromatic heterocycles. The zero-order chi connectivity index (χ0) is 59.3. The van der Waals surface area contributed by atoms with Gasteiger partial charge in [-0.15, -0.1) is 0 Å². The predicted octanol–water partition coefficient (Wildman–Crippen LogP) is 7.37. The predicted molar refractivity (Wildman–Crippen MR) is 339 cm³/mol. The van der Waals surface area contributed by atoms with Crippen LogP contribution in [0, 0.1) is 29.6 Å². The van der Waals surface area contributed by atoms with Gasteiger partial charge >= 0.3 is 24.2 Å². The fourth-order valence-corrected chi connectivity index (χ4v) is 12.8. The molecule has 3 unspecified atom stereocenters. The van der Waals surface area contributed by atoms with Gasteiger partial charge in [0.2, 0.25) is 0 Å². The number of carbonyl (C=O) groups excluding carboxylic acids is 2. The van der Waals surface area contributed by atoms with Gasteiger partial charge in [0.25, 0.3) is 0 Å². The Labute approximate surface area is 521 Å². The first-order valence-corrected chi connectivity index (χ1v) is 30.6. The summed E-state index contributed by atoms with van der Waals surface area (Å²) in [5.74, 6) is 1.71. The Morgan fingerprint density at radius 3 is 1.74 bits per heavy atom. The van der Waals surface area contributed by atoms with Crippen molar-refractivity contribution in [2.24, 2.45) is 0 Å². The molecule has 4 aromatic rings. The Morgan fingerprint density at radius 1 is 0.674 bits per heavy atom. The van der Waals surface area contributed by atoms with E-state index in [4.69, 9.17) is 48.7 Å². The van der Waals surface area contributed by atoms with Gasteiger partial charge in [-0.1, -0.05) is 6.07 Å². The van der Waals surface area contributed by atoms with Crippen LogP contribution in [-0.4, -0.2) is 196 Å². The molecule has 2 amide bonds. The van der Waals surface area contributed by atoms with Crippen molar-refractivity contribution in [3.63, 3.8) is 0 Å². The molecule has 25 heteroatoms. The number of hydrogen-bond acceptors (Lipinski definition) is 20. The molecule has 0 radical (unpaired) electrons. The molecule has 0 aliphatic carbocycles. The van der Waals surface area contributed by atoms with Crippen molar-refractivity contribution in [1.29, 1.82) is 10.5 Å². The van der Waals surface area contributed by atoms with E-state index in [-0.39, 0.29) is 70.3 Å². The maximum atomic E-state index is 13.2. The van der Waals surface area contributed by atoms with E-state index in [1.165, 1.54) is 17.7 Å². The second kappa shape index (κ2) is 28.8. The molecule has 0 bridgehead atoms. The molecule has 470 valence electrons. The van der Waals surface area contributed by atoms with Crippen molar-refractivity contribution in [2.45, 2.75) is 174 Å². The van der Waals surface area contributed by atoms with E-state index in [9.17, 15) is 20.1 Å². The van der Waals surface area contributed by atoms with Crippen molar-refractivity contribution in [2.75, 3.05) is 114 Å². The smallest absolute Gasteiger partial charge is 0.410 e. The van der Waals surface area contributed by atoms with Gasteiger partial charge in [-0.25, -0.2) is 14.3 Å². The number of fused-ring (bicyclic) bond motifs is 3. The second-order valence-corrected chi connectivity index (χ2v) is 25.6. The first-order valence-electron chi connectivity index (χ1n) is 30.6. The van der Waals surface area contributed by atoms with Crippen LogP contribution in [0.1, 0.15) is 134 Å². The maximum Gasteiger partial charge on any atom is 0.410 e. The first kappa shape index (κ1) is 65.9. The summed E-state index contributed by atoms with van der Waals surface area (Å²) in [5.41, 5.74) is 6.40. The lowest BCUT2D eigenvalue weighted by molar-refractivity contribution is -0.0366. The summed E-state index contributed by atoms with van der Waals surface area (Å²) in [6, 6.07) is 9.80. The van der Waals surface area contributed by atoms with Crippen LogP contribution in [0.5, 0.6) is 12.0 Å². The van der Waals surface area contributed by atoms with E-state index in [1.54, 1.807) is 9.80 Å². The van der Waals surface area contributed by atoms with E-state index < -0.39 is 11.2 Å². The number of ether oxygens (including phenoxy) is 5. The fraction of sp³-hybridized carbons (Fsp3) is 0.689. The summed E-state index contributed by atoms with van der Waals surface area (Å²) < 4.78 is 31.9. The highest BCUT2D eigenvalue weighted by molar-refractivity contribution is 7.59. The summed E-state index contributed by atoms with van der Waals surface area (Å²) >= 11 is 0. The van der Waals surface area contributed by atoms with Crippen molar-refractivity contribution in [3.8, 4) is 24.2 Å². The Balaban J connectivity index is 0.000000234. The summed E-state index contributed by atoms with van der Waals surface area (Å²) in [6.45, 7) is 23.4. The number of amides is 2. The van der Waals surface area contributed by atoms with Crippen LogP contribution in [0.4, 0.5) is 26.9 Å². The summed E-state index contributed by atoms with van der Waals surface area (Å²) in [5, 5.41) is 28.5. The Hall–Kier alpha value is -6.09. The molecule has 23 nitrogen and oxygen atoms in total. The number of benzene rings is 1. The lowest BCUT2D eigenvalue weighted by Gasteiger charge is -2.42. The third-order valence-electron chi connectivity index (χ3n) is 17.2. The van der Waals surface area contributed by atoms with E-state index in [0.717, 1.165) is 129 Å². The fourth-order valence-electron chi connectivity index (χ4n) is 12.8. The monoisotopic (exact) mass is 1220 g/mol. The largest absolute Gasteiger partial charge is 0.462 e. The van der Waals surface area contributed by atoms with Crippen LogP contribution in [0.2, 0.25) is 0 Å². The molecule has 7 aliphatic heterocycles. The van der Waals surface area contributed by atoms with E-state index in [2.05, 4.69) is 79.8 Å². The number of nitrogens with one attached hydrogen (secondary N) is 1. The highest BCUT2D eigenvalue weighted by Crippen LogP contribution is 2.39. The summed E-state index contributed by atoms with van der Waals surface area (Å²) in [4.78, 5) is 60.5. The van der Waals surface area contributed by atoms with Crippen LogP contribution in [0.25, 0.3) is 10.9 Å². The van der Waals surface area contributed by atoms with Crippen LogP contribution >= 0.6 is 27.0 Å². The standard InChI is InChI=1S/C37H51N9O4.C24H37N7O3.2H2S/c1-25-11-12-31-29(21-39-46(31)32-10-6-7-20-48-32)33(25)43-17-14-28-30(23-43)40-35(49-24-27-9-8-16-42(27)5)41-34(28)44-18-19-45(26(22-44)13-15-38)36(47)50-37(2,3)4;1-24(2,3)34-23(32)31-13-12-30(15-17(31)7-9-25)21-19-8-10-26-14-20(19)27-22(28-21)33-16-18-6-5-11-29(18)4;;/h11-12,21,26-27,32H,6-10,13-14,16-20,22-24H2,1-5H3;17-18,26H,5-8,10-16H2,1-4H3;2*1H2/t26?,27-,32?;17?,18-;;/m00../s1. The summed E-state index contributed by atoms with van der Waals surface area (Å²) in [7, 11) is 4.27. The molecule has 1 aromatic carbocycles. The van der Waals surface area contributed by atoms with Crippen molar-refractivity contribution in [1.82, 2.24) is 54.6 Å². The average Bonchev–Trinajstić information content (AvgIpc) is 1.47. The van der Waals surface area contributed by atoms with Gasteiger partial charge in [0.1, 0.15) is 36.1 Å². The third kappa shape index (κ3) is 15.6. The van der Waals surface area contributed by atoms with Crippen LogP contribution in [-0.2, 0) is 40.1 Å². The molecule has 11 rings (SSSR count). The van der Waals surface area contributed by atoms with E-state index in [0.29, 0.717) is 89.7 Å². The van der Waals surface area contributed by atoms with Crippen molar-refractivity contribution >= 4 is 67.4 Å². The first-order chi connectivity index (χ1) is 40.3. The quantitative estimate of drug-likeness (QED) is 0.146. The zero-order valence-corrected chi connectivity index (χ0v) is 54.1. The minimum Gasteiger partial charge on any atom is -0.462 e. The molecule has 5 atom stereocenters. The number of hydrogen-bond donors (Lipinski definition) is 1. The van der Waals surface area contributed by atoms with Gasteiger partial charge in [0, 0.05) is 87.6 Å². The van der Waals surface area contributed by atoms with Gasteiger partial charge in [-0.05, 0) is 152 Å². The number of nitriles is 2. The van der Waals surface area contributed by atoms with Gasteiger partial charge in [0.15, 0.2) is 6.23 Å². The molecule has 5 fully saturated rings. The Bertz CT molecular complexity index is 3060. The molecule has 7 aliphatic rings. The number of anilines is 3. The van der Waals surface area contributed by atoms with Gasteiger partial charge in [-0.2, -0.15) is 62.5 Å². The number of aromatic nitrogens is 6. The van der Waals surface area contributed by atoms with E-state index >= 15 is 0 Å². The number of piperazine rings is 2. The number of nitrogens with zero attached hydrogens (tertiary/aromatic N) is 15. The minimum atomic E-state index is -0.617. The SMILES string of the molecule is CN1CCC[C@H]1COc1nc2c(c(N3CCN(C(=O)OC(C)(C)C)C(CC#N)C3)n1)CCNC2.Cc1ccc2c(cnn2C2CCCCO2)c1N1CCc2c(nc(OC[C@@H]3CCCN3C)nc2N2CCN(C(=O)OC(C)(C)C)C(CC#N)C2)C1.S.S. The van der Waals surface area contributed by atoms with Crippen LogP contribution in [0.15, 0.2) is 18.3 Å². The lowest BCUT2D eigenvalue weighted by Crippen LogP contribution is -2.56. The van der Waals surface area contributed by atoms with Gasteiger partial charge in [-0.3, -0.25) is 0 Å². The topological polar surface area (TPSA) is 232 Å². The highest BCUT2D eigenvalue weighted by Gasteiger charge is 2.39. The van der Waals surface area contributed by atoms with Crippen molar-refractivity contribution in [3.05, 3.63) is 46.4 Å². The second-order valence-electron chi connectivity index (χ2n) is 25.6. The highest BCUT2D eigenvalue weighted by atomic mass is 32.1. The average molecular weight is 1230 g/mol. The molecule has 86 heavy (non-hydrogen) atoms. The Kier molecular flexibility index (Phi) is 22.1.